The zero-order valence-electron chi connectivity index (χ0n) is 15.9. The van der Waals surface area contributed by atoms with E-state index in [0.29, 0.717) is 13.1 Å². The van der Waals surface area contributed by atoms with E-state index in [-0.39, 0.29) is 30.1 Å². The zero-order chi connectivity index (χ0) is 19.2. The van der Waals surface area contributed by atoms with Crippen molar-refractivity contribution >= 4 is 17.5 Å². The Morgan fingerprint density at radius 2 is 1.89 bits per heavy atom. The maximum atomic E-state index is 12.6. The SMILES string of the molecule is CCC(CNC(=O)C1CC(=O)N(c2ccc(OC)cc2)C1)c1ccccc1. The van der Waals surface area contributed by atoms with E-state index in [0.717, 1.165) is 17.9 Å². The van der Waals surface area contributed by atoms with Gasteiger partial charge in [0.25, 0.3) is 0 Å². The second-order valence-electron chi connectivity index (χ2n) is 6.86. The fourth-order valence-electron chi connectivity index (χ4n) is 3.49. The van der Waals surface area contributed by atoms with Crippen molar-refractivity contribution in [2.75, 3.05) is 25.1 Å². The lowest BCUT2D eigenvalue weighted by atomic mass is 9.96. The van der Waals surface area contributed by atoms with E-state index in [2.05, 4.69) is 24.4 Å². The molecule has 0 saturated carbocycles. The molecule has 0 spiro atoms. The average Bonchev–Trinajstić information content (AvgIpc) is 3.11. The van der Waals surface area contributed by atoms with Crippen molar-refractivity contribution in [1.82, 2.24) is 5.32 Å². The van der Waals surface area contributed by atoms with Gasteiger partial charge in [0, 0.05) is 31.1 Å². The van der Waals surface area contributed by atoms with Gasteiger partial charge >= 0.3 is 0 Å². The molecule has 3 rings (SSSR count). The van der Waals surface area contributed by atoms with Crippen LogP contribution in [0.2, 0.25) is 0 Å². The topological polar surface area (TPSA) is 58.6 Å². The number of nitrogens with zero attached hydrogens (tertiary/aromatic N) is 1. The summed E-state index contributed by atoms with van der Waals surface area (Å²) in [5, 5.41) is 3.05. The van der Waals surface area contributed by atoms with Crippen LogP contribution in [-0.2, 0) is 9.59 Å². The highest BCUT2D eigenvalue weighted by Gasteiger charge is 2.35. The molecule has 1 fully saturated rings. The number of hydrogen-bond acceptors (Lipinski definition) is 3. The first kappa shape index (κ1) is 19.0. The van der Waals surface area contributed by atoms with Crippen LogP contribution in [0.1, 0.15) is 31.2 Å². The molecule has 1 saturated heterocycles. The molecule has 2 aromatic carbocycles. The number of anilines is 1. The summed E-state index contributed by atoms with van der Waals surface area (Å²) < 4.78 is 5.15. The molecule has 0 aliphatic carbocycles. The number of amides is 2. The third-order valence-corrected chi connectivity index (χ3v) is 5.17. The number of methoxy groups -OCH3 is 1. The Hall–Kier alpha value is -2.82. The van der Waals surface area contributed by atoms with Crippen molar-refractivity contribution < 1.29 is 14.3 Å². The Labute approximate surface area is 160 Å². The van der Waals surface area contributed by atoms with Crippen molar-refractivity contribution in [3.8, 4) is 5.75 Å². The minimum Gasteiger partial charge on any atom is -0.497 e. The van der Waals surface area contributed by atoms with Gasteiger partial charge in [0.2, 0.25) is 11.8 Å². The van der Waals surface area contributed by atoms with Crippen LogP contribution in [0.3, 0.4) is 0 Å². The molecule has 5 heteroatoms. The van der Waals surface area contributed by atoms with Crippen LogP contribution in [0.15, 0.2) is 54.6 Å². The summed E-state index contributed by atoms with van der Waals surface area (Å²) in [4.78, 5) is 26.7. The van der Waals surface area contributed by atoms with Gasteiger partial charge in [-0.25, -0.2) is 0 Å². The summed E-state index contributed by atoms with van der Waals surface area (Å²) in [7, 11) is 1.61. The molecular formula is C22H26N2O3. The maximum absolute atomic E-state index is 12.6. The van der Waals surface area contributed by atoms with Crippen LogP contribution in [0, 0.1) is 5.92 Å². The smallest absolute Gasteiger partial charge is 0.227 e. The standard InChI is InChI=1S/C22H26N2O3/c1-3-16(17-7-5-4-6-8-17)14-23-22(26)18-13-21(25)24(15-18)19-9-11-20(27-2)12-10-19/h4-12,16,18H,3,13-15H2,1-2H3,(H,23,26). The Morgan fingerprint density at radius 1 is 1.19 bits per heavy atom. The van der Waals surface area contributed by atoms with Gasteiger partial charge in [0.1, 0.15) is 5.75 Å². The van der Waals surface area contributed by atoms with E-state index in [1.54, 1.807) is 12.0 Å². The number of rotatable bonds is 7. The Bertz CT molecular complexity index is 774. The van der Waals surface area contributed by atoms with Crippen molar-refractivity contribution in [3.05, 3.63) is 60.2 Å². The number of hydrogen-bond donors (Lipinski definition) is 1. The number of nitrogens with one attached hydrogen (secondary N) is 1. The van der Waals surface area contributed by atoms with Crippen molar-refractivity contribution in [3.63, 3.8) is 0 Å². The molecule has 1 heterocycles. The van der Waals surface area contributed by atoms with Gasteiger partial charge in [-0.2, -0.15) is 0 Å². The predicted molar refractivity (Wildman–Crippen MR) is 106 cm³/mol. The van der Waals surface area contributed by atoms with Gasteiger partial charge in [-0.05, 0) is 36.2 Å². The molecule has 27 heavy (non-hydrogen) atoms. The van der Waals surface area contributed by atoms with E-state index in [4.69, 9.17) is 4.74 Å². The lowest BCUT2D eigenvalue weighted by Crippen LogP contribution is -2.35. The first-order chi connectivity index (χ1) is 13.1. The highest BCUT2D eigenvalue weighted by atomic mass is 16.5. The minimum atomic E-state index is -0.312. The number of ether oxygens (including phenoxy) is 1. The molecule has 5 nitrogen and oxygen atoms in total. The van der Waals surface area contributed by atoms with E-state index in [9.17, 15) is 9.59 Å². The van der Waals surface area contributed by atoms with Crippen LogP contribution >= 0.6 is 0 Å². The van der Waals surface area contributed by atoms with Crippen LogP contribution in [-0.4, -0.2) is 32.0 Å². The average molecular weight is 366 g/mol. The Balaban J connectivity index is 1.58. The number of benzene rings is 2. The van der Waals surface area contributed by atoms with Gasteiger partial charge in [-0.3, -0.25) is 9.59 Å². The molecule has 0 radical (unpaired) electrons. The molecule has 0 aromatic heterocycles. The largest absolute Gasteiger partial charge is 0.497 e. The fourth-order valence-corrected chi connectivity index (χ4v) is 3.49. The zero-order valence-corrected chi connectivity index (χ0v) is 15.9. The summed E-state index contributed by atoms with van der Waals surface area (Å²) in [5.74, 6) is 0.646. The highest BCUT2D eigenvalue weighted by molar-refractivity contribution is 6.00. The molecule has 2 atom stereocenters. The molecule has 1 aliphatic heterocycles. The van der Waals surface area contributed by atoms with Gasteiger partial charge in [0.05, 0.1) is 13.0 Å². The van der Waals surface area contributed by atoms with Gasteiger partial charge < -0.3 is 15.0 Å². The van der Waals surface area contributed by atoms with Gasteiger partial charge in [0.15, 0.2) is 0 Å². The third kappa shape index (κ3) is 4.48. The van der Waals surface area contributed by atoms with Crippen LogP contribution in [0.4, 0.5) is 5.69 Å². The molecule has 1 aliphatic rings. The summed E-state index contributed by atoms with van der Waals surface area (Å²) in [5.41, 5.74) is 2.02. The van der Waals surface area contributed by atoms with E-state index >= 15 is 0 Å². The van der Waals surface area contributed by atoms with Crippen molar-refractivity contribution in [2.45, 2.75) is 25.7 Å². The number of carbonyl (C=O) groups excluding carboxylic acids is 2. The molecule has 2 unspecified atom stereocenters. The minimum absolute atomic E-state index is 0.0181. The fraction of sp³-hybridized carbons (Fsp3) is 0.364. The number of carbonyl (C=O) groups is 2. The van der Waals surface area contributed by atoms with Crippen LogP contribution < -0.4 is 15.0 Å². The Morgan fingerprint density at radius 3 is 2.52 bits per heavy atom. The summed E-state index contributed by atoms with van der Waals surface area (Å²) in [6.45, 7) is 3.13. The second kappa shape index (κ2) is 8.71. The maximum Gasteiger partial charge on any atom is 0.227 e. The quantitative estimate of drug-likeness (QED) is 0.817. The normalized spacial score (nSPS) is 17.6. The first-order valence-electron chi connectivity index (χ1n) is 9.39. The summed E-state index contributed by atoms with van der Waals surface area (Å²) in [6, 6.07) is 17.5. The molecule has 142 valence electrons. The lowest BCUT2D eigenvalue weighted by molar-refractivity contribution is -0.126. The van der Waals surface area contributed by atoms with Crippen molar-refractivity contribution in [2.24, 2.45) is 5.92 Å². The molecular weight excluding hydrogens is 340 g/mol. The van der Waals surface area contributed by atoms with Crippen LogP contribution in [0.5, 0.6) is 5.75 Å². The lowest BCUT2D eigenvalue weighted by Gasteiger charge is -2.19. The Kier molecular flexibility index (Phi) is 6.12. The van der Waals surface area contributed by atoms with Crippen molar-refractivity contribution in [1.29, 1.82) is 0 Å². The van der Waals surface area contributed by atoms with E-state index in [1.807, 2.05) is 42.5 Å². The predicted octanol–water partition coefficient (Wildman–Crippen LogP) is 3.36. The highest BCUT2D eigenvalue weighted by Crippen LogP contribution is 2.27. The summed E-state index contributed by atoms with van der Waals surface area (Å²) >= 11 is 0. The summed E-state index contributed by atoms with van der Waals surface area (Å²) in [6.07, 6.45) is 1.20. The molecule has 2 aromatic rings. The van der Waals surface area contributed by atoms with E-state index < -0.39 is 0 Å². The van der Waals surface area contributed by atoms with Crippen LogP contribution in [0.25, 0.3) is 0 Å². The van der Waals surface area contributed by atoms with Gasteiger partial charge in [-0.1, -0.05) is 37.3 Å². The second-order valence-corrected chi connectivity index (χ2v) is 6.86. The monoisotopic (exact) mass is 366 g/mol. The third-order valence-electron chi connectivity index (χ3n) is 5.17. The first-order valence-corrected chi connectivity index (χ1v) is 9.39. The van der Waals surface area contributed by atoms with E-state index in [1.165, 1.54) is 5.56 Å². The molecule has 0 bridgehead atoms. The van der Waals surface area contributed by atoms with Gasteiger partial charge in [-0.15, -0.1) is 0 Å². The molecule has 1 N–H and O–H groups in total. The molecule has 2 amide bonds.